The lowest BCUT2D eigenvalue weighted by atomic mass is 10.1. The van der Waals surface area contributed by atoms with Gasteiger partial charge in [0.05, 0.1) is 0 Å². The molecule has 0 aliphatic heterocycles. The van der Waals surface area contributed by atoms with E-state index in [1.165, 1.54) is 38.2 Å². The van der Waals surface area contributed by atoms with Gasteiger partial charge in [0.1, 0.15) is 0 Å². The average Bonchev–Trinajstić information content (AvgIpc) is 2.34. The monoisotopic (exact) mass is 255 g/mol. The molecule has 0 bridgehead atoms. The molecule has 0 radical (unpaired) electrons. The minimum atomic E-state index is -0.798. The molecule has 0 saturated carbocycles. The fraction of sp³-hybridized carbons (Fsp3) is 0.600. The van der Waals surface area contributed by atoms with Crippen LogP contribution in [0.5, 0.6) is 0 Å². The van der Waals surface area contributed by atoms with E-state index in [4.69, 9.17) is 0 Å². The van der Waals surface area contributed by atoms with Crippen LogP contribution in [0.3, 0.4) is 0 Å². The Balaban J connectivity index is 2.26. The van der Waals surface area contributed by atoms with Gasteiger partial charge >= 0.3 is 0 Å². The van der Waals surface area contributed by atoms with E-state index in [0.29, 0.717) is 5.69 Å². The number of halogens is 2. The first-order valence-electron chi connectivity index (χ1n) is 6.85. The lowest BCUT2D eigenvalue weighted by Crippen LogP contribution is -2.15. The summed E-state index contributed by atoms with van der Waals surface area (Å²) in [4.78, 5) is 0. The standard InChI is InChI=1S/C15H23F2N/c1-3-4-5-6-7-8-12(2)18-13-9-10-14(16)15(17)11-13/h9-12,18H,3-8H2,1-2H3. The summed E-state index contributed by atoms with van der Waals surface area (Å²) in [7, 11) is 0. The summed E-state index contributed by atoms with van der Waals surface area (Å²) in [5.41, 5.74) is 0.648. The van der Waals surface area contributed by atoms with Crippen LogP contribution >= 0.6 is 0 Å². The Morgan fingerprint density at radius 1 is 1.06 bits per heavy atom. The Morgan fingerprint density at radius 2 is 1.78 bits per heavy atom. The van der Waals surface area contributed by atoms with Crippen LogP contribution in [0.25, 0.3) is 0 Å². The van der Waals surface area contributed by atoms with Gasteiger partial charge in [-0.1, -0.05) is 39.0 Å². The average molecular weight is 255 g/mol. The summed E-state index contributed by atoms with van der Waals surface area (Å²) < 4.78 is 25.8. The Bertz CT molecular complexity index is 352. The Hall–Kier alpha value is -1.12. The van der Waals surface area contributed by atoms with Crippen LogP contribution in [0.15, 0.2) is 18.2 Å². The fourth-order valence-electron chi connectivity index (χ4n) is 2.00. The molecular formula is C15H23F2N. The van der Waals surface area contributed by atoms with Crippen LogP contribution < -0.4 is 5.32 Å². The van der Waals surface area contributed by atoms with Gasteiger partial charge in [-0.3, -0.25) is 0 Å². The molecule has 1 nitrogen and oxygen atoms in total. The van der Waals surface area contributed by atoms with Crippen LogP contribution in [0.2, 0.25) is 0 Å². The highest BCUT2D eigenvalue weighted by Gasteiger charge is 2.05. The van der Waals surface area contributed by atoms with Crippen molar-refractivity contribution in [3.8, 4) is 0 Å². The third-order valence-corrected chi connectivity index (χ3v) is 3.07. The second-order valence-electron chi connectivity index (χ2n) is 4.88. The number of unbranched alkanes of at least 4 members (excludes halogenated alkanes) is 4. The van der Waals surface area contributed by atoms with Crippen LogP contribution in [0.4, 0.5) is 14.5 Å². The SMILES string of the molecule is CCCCCCCC(C)Nc1ccc(F)c(F)c1. The van der Waals surface area contributed by atoms with Crippen molar-refractivity contribution in [2.45, 2.75) is 58.4 Å². The number of benzene rings is 1. The maximum absolute atomic E-state index is 13.0. The highest BCUT2D eigenvalue weighted by Crippen LogP contribution is 2.16. The van der Waals surface area contributed by atoms with E-state index in [1.54, 1.807) is 6.07 Å². The van der Waals surface area contributed by atoms with Crippen molar-refractivity contribution in [1.82, 2.24) is 0 Å². The van der Waals surface area contributed by atoms with Crippen molar-refractivity contribution in [2.24, 2.45) is 0 Å². The summed E-state index contributed by atoms with van der Waals surface area (Å²) >= 11 is 0. The van der Waals surface area contributed by atoms with Crippen molar-refractivity contribution < 1.29 is 8.78 Å². The van der Waals surface area contributed by atoms with Crippen molar-refractivity contribution in [3.05, 3.63) is 29.8 Å². The topological polar surface area (TPSA) is 12.0 Å². The molecule has 1 N–H and O–H groups in total. The molecule has 0 spiro atoms. The predicted octanol–water partition coefficient (Wildman–Crippen LogP) is 5.13. The minimum Gasteiger partial charge on any atom is -0.383 e. The normalized spacial score (nSPS) is 12.4. The molecule has 1 atom stereocenters. The second-order valence-corrected chi connectivity index (χ2v) is 4.88. The molecule has 0 aromatic heterocycles. The van der Waals surface area contributed by atoms with E-state index < -0.39 is 11.6 Å². The molecule has 102 valence electrons. The van der Waals surface area contributed by atoms with Crippen molar-refractivity contribution in [2.75, 3.05) is 5.32 Å². The molecule has 0 aliphatic rings. The molecule has 0 heterocycles. The number of hydrogen-bond donors (Lipinski definition) is 1. The molecule has 0 aliphatic carbocycles. The lowest BCUT2D eigenvalue weighted by molar-refractivity contribution is 0.508. The quantitative estimate of drug-likeness (QED) is 0.635. The van der Waals surface area contributed by atoms with Gasteiger partial charge in [0.25, 0.3) is 0 Å². The Morgan fingerprint density at radius 3 is 2.44 bits per heavy atom. The van der Waals surface area contributed by atoms with Crippen LogP contribution in [0, 0.1) is 11.6 Å². The number of rotatable bonds is 8. The summed E-state index contributed by atoms with van der Waals surface area (Å²) in [6.07, 6.45) is 7.32. The molecule has 1 unspecified atom stereocenters. The third-order valence-electron chi connectivity index (χ3n) is 3.07. The van der Waals surface area contributed by atoms with E-state index in [9.17, 15) is 8.78 Å². The largest absolute Gasteiger partial charge is 0.383 e. The van der Waals surface area contributed by atoms with E-state index >= 15 is 0 Å². The number of nitrogens with one attached hydrogen (secondary N) is 1. The maximum atomic E-state index is 13.0. The van der Waals surface area contributed by atoms with Gasteiger partial charge in [0.2, 0.25) is 0 Å². The van der Waals surface area contributed by atoms with E-state index in [1.807, 2.05) is 0 Å². The minimum absolute atomic E-state index is 0.288. The zero-order chi connectivity index (χ0) is 13.4. The molecule has 18 heavy (non-hydrogen) atoms. The zero-order valence-corrected chi connectivity index (χ0v) is 11.3. The van der Waals surface area contributed by atoms with E-state index in [-0.39, 0.29) is 6.04 Å². The first kappa shape index (κ1) is 14.9. The smallest absolute Gasteiger partial charge is 0.160 e. The Labute approximate surface area is 109 Å². The number of anilines is 1. The van der Waals surface area contributed by atoms with Gasteiger partial charge in [-0.25, -0.2) is 8.78 Å². The highest BCUT2D eigenvalue weighted by atomic mass is 19.2. The molecule has 0 saturated heterocycles. The lowest BCUT2D eigenvalue weighted by Gasteiger charge is -2.15. The molecule has 1 rings (SSSR count). The second kappa shape index (κ2) is 8.06. The molecule has 3 heteroatoms. The van der Waals surface area contributed by atoms with Crippen LogP contribution in [-0.4, -0.2) is 6.04 Å². The molecular weight excluding hydrogens is 232 g/mol. The fourth-order valence-corrected chi connectivity index (χ4v) is 2.00. The van der Waals surface area contributed by atoms with Crippen LogP contribution in [0.1, 0.15) is 52.4 Å². The third kappa shape index (κ3) is 5.48. The van der Waals surface area contributed by atoms with Gasteiger partial charge < -0.3 is 5.32 Å². The Kier molecular flexibility index (Phi) is 6.69. The number of hydrogen-bond acceptors (Lipinski definition) is 1. The van der Waals surface area contributed by atoms with Crippen molar-refractivity contribution >= 4 is 5.69 Å². The summed E-state index contributed by atoms with van der Waals surface area (Å²) in [5, 5.41) is 3.19. The zero-order valence-electron chi connectivity index (χ0n) is 11.3. The molecule has 0 amide bonds. The van der Waals surface area contributed by atoms with Gasteiger partial charge in [0.15, 0.2) is 11.6 Å². The van der Waals surface area contributed by atoms with Gasteiger partial charge in [0, 0.05) is 17.8 Å². The van der Waals surface area contributed by atoms with E-state index in [0.717, 1.165) is 12.5 Å². The molecule has 1 aromatic carbocycles. The van der Waals surface area contributed by atoms with Crippen molar-refractivity contribution in [3.63, 3.8) is 0 Å². The van der Waals surface area contributed by atoms with E-state index in [2.05, 4.69) is 19.2 Å². The summed E-state index contributed by atoms with van der Waals surface area (Å²) in [5.74, 6) is -1.59. The van der Waals surface area contributed by atoms with Gasteiger partial charge in [-0.2, -0.15) is 0 Å². The molecule has 0 fully saturated rings. The van der Waals surface area contributed by atoms with Crippen molar-refractivity contribution in [1.29, 1.82) is 0 Å². The first-order chi connectivity index (χ1) is 8.63. The van der Waals surface area contributed by atoms with Gasteiger partial charge in [-0.05, 0) is 25.5 Å². The predicted molar refractivity (Wildman–Crippen MR) is 72.8 cm³/mol. The molecule has 1 aromatic rings. The highest BCUT2D eigenvalue weighted by molar-refractivity contribution is 5.44. The summed E-state index contributed by atoms with van der Waals surface area (Å²) in [6, 6.07) is 4.23. The van der Waals surface area contributed by atoms with Gasteiger partial charge in [-0.15, -0.1) is 0 Å². The maximum Gasteiger partial charge on any atom is 0.160 e. The first-order valence-corrected chi connectivity index (χ1v) is 6.85. The van der Waals surface area contributed by atoms with Crippen LogP contribution in [-0.2, 0) is 0 Å². The summed E-state index contributed by atoms with van der Waals surface area (Å²) in [6.45, 7) is 4.27.